The Hall–Kier alpha value is -4.01. The molecular weight excluding hydrogens is 377 g/mol. The molecule has 0 saturated heterocycles. The van der Waals surface area contributed by atoms with E-state index in [0.29, 0.717) is 17.0 Å². The summed E-state index contributed by atoms with van der Waals surface area (Å²) < 4.78 is 18.9. The average Bonchev–Trinajstić information content (AvgIpc) is 2.69. The highest BCUT2D eigenvalue weighted by molar-refractivity contribution is 5.92. The number of nitrogens with two attached hydrogens (primary N) is 1. The number of halogens is 1. The van der Waals surface area contributed by atoms with Crippen LogP contribution in [0.4, 0.5) is 15.9 Å². The van der Waals surface area contributed by atoms with E-state index in [4.69, 9.17) is 10.5 Å². The van der Waals surface area contributed by atoms with E-state index >= 15 is 0 Å². The van der Waals surface area contributed by atoms with E-state index in [1.807, 2.05) is 0 Å². The van der Waals surface area contributed by atoms with Gasteiger partial charge in [-0.25, -0.2) is 14.4 Å². The van der Waals surface area contributed by atoms with Crippen LogP contribution in [0.5, 0.6) is 11.6 Å². The maximum Gasteiger partial charge on any atom is 0.233 e. The Labute approximate surface area is 166 Å². The van der Waals surface area contributed by atoms with Crippen LogP contribution < -0.4 is 15.8 Å². The third-order valence-corrected chi connectivity index (χ3v) is 3.78. The number of rotatable bonds is 7. The summed E-state index contributed by atoms with van der Waals surface area (Å²) in [6.07, 6.45) is 2.76. The van der Waals surface area contributed by atoms with E-state index in [1.165, 1.54) is 37.9 Å². The smallest absolute Gasteiger partial charge is 0.233 e. The summed E-state index contributed by atoms with van der Waals surface area (Å²) in [4.78, 5) is 24.7. The van der Waals surface area contributed by atoms with Crippen LogP contribution in [0.15, 0.2) is 60.0 Å². The highest BCUT2D eigenvalue weighted by atomic mass is 19.1. The van der Waals surface area contributed by atoms with Crippen molar-refractivity contribution < 1.29 is 18.8 Å². The fourth-order valence-corrected chi connectivity index (χ4v) is 2.44. The van der Waals surface area contributed by atoms with Gasteiger partial charge in [-0.3, -0.25) is 4.79 Å². The Kier molecular flexibility index (Phi) is 6.31. The number of carbonyl (C=O) groups is 1. The minimum absolute atomic E-state index is 0.128. The third kappa shape index (κ3) is 5.48. The van der Waals surface area contributed by atoms with Gasteiger partial charge in [0.05, 0.1) is 12.6 Å². The van der Waals surface area contributed by atoms with Crippen molar-refractivity contribution in [3.8, 4) is 11.6 Å². The molecule has 3 N–H and O–H groups in total. The van der Waals surface area contributed by atoms with E-state index in [-0.39, 0.29) is 24.0 Å². The van der Waals surface area contributed by atoms with E-state index in [1.54, 1.807) is 30.3 Å². The number of anilines is 2. The molecule has 1 amide bonds. The minimum Gasteiger partial charge on any atom is -0.438 e. The van der Waals surface area contributed by atoms with Crippen molar-refractivity contribution in [2.45, 2.75) is 6.42 Å². The summed E-state index contributed by atoms with van der Waals surface area (Å²) >= 11 is 0. The zero-order valence-corrected chi connectivity index (χ0v) is 15.5. The van der Waals surface area contributed by atoms with Gasteiger partial charge in [0.1, 0.15) is 36.4 Å². The molecule has 0 fully saturated rings. The minimum atomic E-state index is -0.412. The Bertz CT molecular complexity index is 1020. The number of ether oxygens (including phenoxy) is 1. The van der Waals surface area contributed by atoms with Gasteiger partial charge in [-0.2, -0.15) is 0 Å². The lowest BCUT2D eigenvalue weighted by Gasteiger charge is -2.09. The molecule has 3 rings (SSSR count). The first kappa shape index (κ1) is 19.7. The zero-order valence-electron chi connectivity index (χ0n) is 15.5. The van der Waals surface area contributed by atoms with E-state index in [0.717, 1.165) is 5.56 Å². The largest absolute Gasteiger partial charge is 0.438 e. The Balaban J connectivity index is 1.66. The number of benzene rings is 2. The molecule has 29 heavy (non-hydrogen) atoms. The molecule has 0 aliphatic carbocycles. The standard InChI is InChI=1S/C20H18FN5O3/c1-28-25-11-17-19(22)23-12-24-20(17)29-16-7-5-13(6-8-16)9-18(27)26-15-4-2-3-14(21)10-15/h2-8,10-12H,9H2,1H3,(H,26,27)(H2,22,23,24)/b25-11+. The summed E-state index contributed by atoms with van der Waals surface area (Å²) in [5.41, 5.74) is 7.37. The van der Waals surface area contributed by atoms with Gasteiger partial charge in [0, 0.05) is 5.69 Å². The molecule has 0 atom stereocenters. The Morgan fingerprint density at radius 1 is 1.24 bits per heavy atom. The van der Waals surface area contributed by atoms with Crippen molar-refractivity contribution in [3.63, 3.8) is 0 Å². The van der Waals surface area contributed by atoms with Crippen molar-refractivity contribution in [3.05, 3.63) is 71.8 Å². The number of oxime groups is 1. The molecule has 2 aromatic carbocycles. The first-order valence-electron chi connectivity index (χ1n) is 8.54. The summed E-state index contributed by atoms with van der Waals surface area (Å²) in [5.74, 6) is 0.233. The van der Waals surface area contributed by atoms with Crippen LogP contribution in [0.3, 0.4) is 0 Å². The second-order valence-electron chi connectivity index (χ2n) is 5.88. The van der Waals surface area contributed by atoms with Crippen molar-refractivity contribution in [2.24, 2.45) is 5.16 Å². The van der Waals surface area contributed by atoms with E-state index in [9.17, 15) is 9.18 Å². The molecule has 0 unspecified atom stereocenters. The fraction of sp³-hybridized carbons (Fsp3) is 0.100. The van der Waals surface area contributed by atoms with Gasteiger partial charge in [-0.15, -0.1) is 0 Å². The van der Waals surface area contributed by atoms with Crippen LogP contribution in [-0.4, -0.2) is 29.2 Å². The number of hydrogen-bond acceptors (Lipinski definition) is 7. The van der Waals surface area contributed by atoms with Crippen LogP contribution in [0, 0.1) is 5.82 Å². The summed E-state index contributed by atoms with van der Waals surface area (Å²) in [7, 11) is 1.40. The molecule has 0 aliphatic rings. The molecule has 1 heterocycles. The number of nitrogens with one attached hydrogen (secondary N) is 1. The second kappa shape index (κ2) is 9.27. The van der Waals surface area contributed by atoms with Crippen molar-refractivity contribution in [2.75, 3.05) is 18.2 Å². The molecule has 0 aliphatic heterocycles. The average molecular weight is 395 g/mol. The number of amides is 1. The number of nitrogens with zero attached hydrogens (tertiary/aromatic N) is 3. The molecule has 0 spiro atoms. The number of hydrogen-bond donors (Lipinski definition) is 2. The Morgan fingerprint density at radius 3 is 2.76 bits per heavy atom. The third-order valence-electron chi connectivity index (χ3n) is 3.78. The fourth-order valence-electron chi connectivity index (χ4n) is 2.44. The SMILES string of the molecule is CO/N=C/c1c(N)ncnc1Oc1ccc(CC(=O)Nc2cccc(F)c2)cc1. The molecule has 3 aromatic rings. The van der Waals surface area contributed by atoms with Crippen molar-refractivity contribution in [1.82, 2.24) is 9.97 Å². The molecule has 9 heteroatoms. The highest BCUT2D eigenvalue weighted by Gasteiger charge is 2.11. The number of aromatic nitrogens is 2. The molecule has 8 nitrogen and oxygen atoms in total. The van der Waals surface area contributed by atoms with Gasteiger partial charge in [-0.05, 0) is 35.9 Å². The molecule has 0 saturated carbocycles. The van der Waals surface area contributed by atoms with Gasteiger partial charge in [0.2, 0.25) is 11.8 Å². The lowest BCUT2D eigenvalue weighted by molar-refractivity contribution is -0.115. The van der Waals surface area contributed by atoms with Crippen LogP contribution >= 0.6 is 0 Å². The van der Waals surface area contributed by atoms with Gasteiger partial charge >= 0.3 is 0 Å². The number of carbonyl (C=O) groups excluding carboxylic acids is 1. The van der Waals surface area contributed by atoms with Gasteiger partial charge in [0.15, 0.2) is 0 Å². The summed E-state index contributed by atoms with van der Waals surface area (Å²) in [6.45, 7) is 0. The van der Waals surface area contributed by atoms with Crippen molar-refractivity contribution in [1.29, 1.82) is 0 Å². The first-order valence-corrected chi connectivity index (χ1v) is 8.54. The van der Waals surface area contributed by atoms with Crippen LogP contribution in [0.25, 0.3) is 0 Å². The quantitative estimate of drug-likeness (QED) is 0.469. The molecule has 1 aromatic heterocycles. The topological polar surface area (TPSA) is 112 Å². The first-order chi connectivity index (χ1) is 14.0. The monoisotopic (exact) mass is 395 g/mol. The van der Waals surface area contributed by atoms with Crippen molar-refractivity contribution >= 4 is 23.6 Å². The summed E-state index contributed by atoms with van der Waals surface area (Å²) in [6, 6.07) is 12.6. The molecule has 0 bridgehead atoms. The van der Waals surface area contributed by atoms with E-state index in [2.05, 4.69) is 25.3 Å². The predicted molar refractivity (Wildman–Crippen MR) is 106 cm³/mol. The second-order valence-corrected chi connectivity index (χ2v) is 5.88. The van der Waals surface area contributed by atoms with Gasteiger partial charge < -0.3 is 20.6 Å². The predicted octanol–water partition coefficient (Wildman–Crippen LogP) is 3.15. The Morgan fingerprint density at radius 2 is 2.03 bits per heavy atom. The van der Waals surface area contributed by atoms with Gasteiger partial charge in [0.25, 0.3) is 0 Å². The summed E-state index contributed by atoms with van der Waals surface area (Å²) in [5, 5.41) is 6.31. The maximum atomic E-state index is 13.2. The zero-order chi connectivity index (χ0) is 20.6. The molecule has 0 radical (unpaired) electrons. The lowest BCUT2D eigenvalue weighted by atomic mass is 10.1. The molecular formula is C20H18FN5O3. The van der Waals surface area contributed by atoms with Crippen LogP contribution in [0.1, 0.15) is 11.1 Å². The highest BCUT2D eigenvalue weighted by Crippen LogP contribution is 2.25. The van der Waals surface area contributed by atoms with Crippen LogP contribution in [0.2, 0.25) is 0 Å². The maximum absolute atomic E-state index is 13.2. The normalized spacial score (nSPS) is 10.7. The van der Waals surface area contributed by atoms with Gasteiger partial charge in [-0.1, -0.05) is 23.4 Å². The lowest BCUT2D eigenvalue weighted by Crippen LogP contribution is -2.14. The van der Waals surface area contributed by atoms with E-state index < -0.39 is 5.82 Å². The number of nitrogen functional groups attached to an aromatic ring is 1. The molecule has 148 valence electrons. The van der Waals surface area contributed by atoms with Crippen LogP contribution in [-0.2, 0) is 16.1 Å².